The number of hydrogen-bond acceptors (Lipinski definition) is 3. The molecule has 0 saturated carbocycles. The Kier molecular flexibility index (Phi) is 5.41. The van der Waals surface area contributed by atoms with Gasteiger partial charge in [-0.1, -0.05) is 35.3 Å². The second-order valence-corrected chi connectivity index (χ2v) is 6.48. The summed E-state index contributed by atoms with van der Waals surface area (Å²) in [5.74, 6) is 0.836. The van der Waals surface area contributed by atoms with Crippen molar-refractivity contribution in [2.24, 2.45) is 0 Å². The quantitative estimate of drug-likeness (QED) is 0.694. The van der Waals surface area contributed by atoms with Crippen LogP contribution in [0.15, 0.2) is 42.5 Å². The van der Waals surface area contributed by atoms with Crippen LogP contribution in [0.1, 0.15) is 23.9 Å². The van der Waals surface area contributed by atoms with Crippen molar-refractivity contribution < 1.29 is 10.2 Å². The number of imidazole rings is 1. The summed E-state index contributed by atoms with van der Waals surface area (Å²) in [5, 5.41) is 20.8. The molecule has 0 amide bonds. The van der Waals surface area contributed by atoms with Crippen LogP contribution in [0, 0.1) is 0 Å². The van der Waals surface area contributed by atoms with Crippen LogP contribution < -0.4 is 0 Å². The molecular formula is C18H18Cl2N2O2. The molecule has 1 atom stereocenters. The lowest BCUT2D eigenvalue weighted by atomic mass is 10.1. The van der Waals surface area contributed by atoms with Gasteiger partial charge in [0.1, 0.15) is 5.82 Å². The molecule has 1 aromatic heterocycles. The normalized spacial score (nSPS) is 12.7. The topological polar surface area (TPSA) is 58.3 Å². The van der Waals surface area contributed by atoms with Gasteiger partial charge in [-0.25, -0.2) is 4.98 Å². The van der Waals surface area contributed by atoms with Crippen LogP contribution in [0.25, 0.3) is 11.0 Å². The van der Waals surface area contributed by atoms with Crippen molar-refractivity contribution in [2.45, 2.75) is 25.5 Å². The summed E-state index contributed by atoms with van der Waals surface area (Å²) in [4.78, 5) is 4.62. The average molecular weight is 365 g/mol. The van der Waals surface area contributed by atoms with Gasteiger partial charge in [0, 0.05) is 28.6 Å². The van der Waals surface area contributed by atoms with Crippen molar-refractivity contribution in [2.75, 3.05) is 6.61 Å². The van der Waals surface area contributed by atoms with Gasteiger partial charge in [0.15, 0.2) is 0 Å². The van der Waals surface area contributed by atoms with Crippen molar-refractivity contribution in [1.82, 2.24) is 9.55 Å². The molecule has 0 bridgehead atoms. The van der Waals surface area contributed by atoms with E-state index in [1.54, 1.807) is 18.2 Å². The third-order valence-electron chi connectivity index (χ3n) is 3.96. The first-order chi connectivity index (χ1) is 11.6. The molecule has 0 spiro atoms. The van der Waals surface area contributed by atoms with E-state index >= 15 is 0 Å². The number of aliphatic hydroxyl groups excluding tert-OH is 2. The highest BCUT2D eigenvalue weighted by atomic mass is 35.5. The van der Waals surface area contributed by atoms with Gasteiger partial charge in [-0.2, -0.15) is 0 Å². The maximum atomic E-state index is 10.7. The molecule has 4 nitrogen and oxygen atoms in total. The number of hydrogen-bond donors (Lipinski definition) is 2. The van der Waals surface area contributed by atoms with Crippen LogP contribution >= 0.6 is 23.2 Å². The van der Waals surface area contributed by atoms with Crippen molar-refractivity contribution in [3.8, 4) is 0 Å². The van der Waals surface area contributed by atoms with Gasteiger partial charge in [0.2, 0.25) is 0 Å². The van der Waals surface area contributed by atoms with E-state index in [2.05, 4.69) is 4.98 Å². The number of fused-ring (bicyclic) bond motifs is 1. The van der Waals surface area contributed by atoms with E-state index in [0.717, 1.165) is 16.9 Å². The zero-order valence-corrected chi connectivity index (χ0v) is 14.5. The summed E-state index contributed by atoms with van der Waals surface area (Å²) in [6.45, 7) is 0.424. The standard InChI is InChI=1S/C18H18Cl2N2O2/c19-12-7-8-14(20)13(10-12)17(24)11-22-16-5-2-1-4-15(16)21-18(22)6-3-9-23/h1-2,4-5,7-8,10,17,23-24H,3,6,9,11H2/t17-/m1/s1. The van der Waals surface area contributed by atoms with Crippen LogP contribution in [0.2, 0.25) is 10.0 Å². The monoisotopic (exact) mass is 364 g/mol. The van der Waals surface area contributed by atoms with E-state index in [1.165, 1.54) is 0 Å². The molecule has 24 heavy (non-hydrogen) atoms. The summed E-state index contributed by atoms with van der Waals surface area (Å²) in [7, 11) is 0. The average Bonchev–Trinajstić information content (AvgIpc) is 2.93. The van der Waals surface area contributed by atoms with Crippen LogP contribution in [-0.2, 0) is 13.0 Å². The highest BCUT2D eigenvalue weighted by Gasteiger charge is 2.17. The Labute approximate surface area is 150 Å². The molecule has 0 aliphatic carbocycles. The lowest BCUT2D eigenvalue weighted by Crippen LogP contribution is -2.12. The van der Waals surface area contributed by atoms with Crippen molar-refractivity contribution in [1.29, 1.82) is 0 Å². The van der Waals surface area contributed by atoms with Gasteiger partial charge in [0.05, 0.1) is 23.7 Å². The zero-order valence-electron chi connectivity index (χ0n) is 13.0. The Bertz CT molecular complexity index is 848. The molecule has 0 aliphatic rings. The largest absolute Gasteiger partial charge is 0.396 e. The van der Waals surface area contributed by atoms with Crippen molar-refractivity contribution >= 4 is 34.2 Å². The van der Waals surface area contributed by atoms with Crippen LogP contribution in [0.3, 0.4) is 0 Å². The van der Waals surface area contributed by atoms with Gasteiger partial charge < -0.3 is 14.8 Å². The number of aromatic nitrogens is 2. The number of para-hydroxylation sites is 2. The van der Waals surface area contributed by atoms with Gasteiger partial charge in [0.25, 0.3) is 0 Å². The molecule has 0 saturated heterocycles. The fourth-order valence-corrected chi connectivity index (χ4v) is 3.22. The fourth-order valence-electron chi connectivity index (χ4n) is 2.80. The Balaban J connectivity index is 1.97. The van der Waals surface area contributed by atoms with Gasteiger partial charge in [-0.05, 0) is 36.8 Å². The summed E-state index contributed by atoms with van der Waals surface area (Å²) in [6, 6.07) is 12.8. The first kappa shape index (κ1) is 17.2. The number of nitrogens with zero attached hydrogens (tertiary/aromatic N) is 2. The van der Waals surface area contributed by atoms with E-state index in [0.29, 0.717) is 35.0 Å². The first-order valence-electron chi connectivity index (χ1n) is 7.78. The Morgan fingerprint density at radius 2 is 1.92 bits per heavy atom. The molecule has 0 aliphatic heterocycles. The van der Waals surface area contributed by atoms with E-state index < -0.39 is 6.10 Å². The van der Waals surface area contributed by atoms with E-state index in [4.69, 9.17) is 28.3 Å². The van der Waals surface area contributed by atoms with Crippen LogP contribution in [-0.4, -0.2) is 26.4 Å². The number of aliphatic hydroxyl groups is 2. The summed E-state index contributed by atoms with van der Waals surface area (Å²) in [6.07, 6.45) is 0.458. The summed E-state index contributed by atoms with van der Waals surface area (Å²) in [5.41, 5.74) is 2.41. The molecular weight excluding hydrogens is 347 g/mol. The Hall–Kier alpha value is -1.59. The lowest BCUT2D eigenvalue weighted by Gasteiger charge is -2.16. The Morgan fingerprint density at radius 1 is 1.12 bits per heavy atom. The molecule has 126 valence electrons. The number of benzene rings is 2. The molecule has 2 aromatic carbocycles. The molecule has 3 rings (SSSR count). The second-order valence-electron chi connectivity index (χ2n) is 5.64. The Morgan fingerprint density at radius 3 is 2.71 bits per heavy atom. The smallest absolute Gasteiger partial charge is 0.110 e. The van der Waals surface area contributed by atoms with Crippen LogP contribution in [0.5, 0.6) is 0 Å². The molecule has 6 heteroatoms. The SMILES string of the molecule is OCCCc1nc2ccccc2n1C[C@@H](O)c1cc(Cl)ccc1Cl. The first-order valence-corrected chi connectivity index (χ1v) is 8.53. The molecule has 3 aromatic rings. The summed E-state index contributed by atoms with van der Waals surface area (Å²) >= 11 is 12.2. The van der Waals surface area contributed by atoms with Crippen molar-refractivity contribution in [3.05, 3.63) is 63.9 Å². The second kappa shape index (κ2) is 7.53. The van der Waals surface area contributed by atoms with Crippen molar-refractivity contribution in [3.63, 3.8) is 0 Å². The zero-order chi connectivity index (χ0) is 17.1. The number of halogens is 2. The number of aryl methyl sites for hydroxylation is 1. The maximum absolute atomic E-state index is 10.7. The van der Waals surface area contributed by atoms with E-state index in [9.17, 15) is 5.11 Å². The number of rotatable bonds is 6. The van der Waals surface area contributed by atoms with Crippen LogP contribution in [0.4, 0.5) is 0 Å². The highest BCUT2D eigenvalue weighted by Crippen LogP contribution is 2.29. The maximum Gasteiger partial charge on any atom is 0.110 e. The molecule has 0 fully saturated rings. The molecule has 0 radical (unpaired) electrons. The minimum Gasteiger partial charge on any atom is -0.396 e. The van der Waals surface area contributed by atoms with E-state index in [1.807, 2.05) is 28.8 Å². The third kappa shape index (κ3) is 3.57. The molecule has 2 N–H and O–H groups in total. The van der Waals surface area contributed by atoms with Gasteiger partial charge >= 0.3 is 0 Å². The molecule has 0 unspecified atom stereocenters. The van der Waals surface area contributed by atoms with Gasteiger partial charge in [-0.15, -0.1) is 0 Å². The highest BCUT2D eigenvalue weighted by molar-refractivity contribution is 6.33. The summed E-state index contributed by atoms with van der Waals surface area (Å²) < 4.78 is 1.98. The minimum atomic E-state index is -0.804. The van der Waals surface area contributed by atoms with Gasteiger partial charge in [-0.3, -0.25) is 0 Å². The van der Waals surface area contributed by atoms with E-state index in [-0.39, 0.29) is 6.61 Å². The predicted octanol–water partition coefficient (Wildman–Crippen LogP) is 4.00. The predicted molar refractivity (Wildman–Crippen MR) is 96.6 cm³/mol. The lowest BCUT2D eigenvalue weighted by molar-refractivity contribution is 0.156. The molecule has 1 heterocycles. The fraction of sp³-hybridized carbons (Fsp3) is 0.278. The third-order valence-corrected chi connectivity index (χ3v) is 4.54. The minimum absolute atomic E-state index is 0.103.